The lowest BCUT2D eigenvalue weighted by Gasteiger charge is -2.40. The molecule has 0 amide bonds. The van der Waals surface area contributed by atoms with Gasteiger partial charge in [-0.15, -0.1) is 0 Å². The van der Waals surface area contributed by atoms with Crippen LogP contribution in [0.5, 0.6) is 0 Å². The van der Waals surface area contributed by atoms with Crippen LogP contribution in [0.3, 0.4) is 0 Å². The molecule has 0 saturated carbocycles. The first-order chi connectivity index (χ1) is 10.0. The molecular weight excluding hydrogens is 268 g/mol. The second-order valence-electron chi connectivity index (χ2n) is 5.03. The predicted octanol–water partition coefficient (Wildman–Crippen LogP) is 1.20. The molecule has 21 heavy (non-hydrogen) atoms. The number of aliphatic carboxylic acids is 1. The fourth-order valence-corrected chi connectivity index (χ4v) is 2.84. The average Bonchev–Trinajstić information content (AvgIpc) is 2.51. The van der Waals surface area contributed by atoms with Crippen LogP contribution in [0.25, 0.3) is 5.76 Å². The van der Waals surface area contributed by atoms with Gasteiger partial charge in [0.05, 0.1) is 11.9 Å². The predicted molar refractivity (Wildman–Crippen MR) is 75.0 cm³/mol. The molecule has 2 aromatic carbocycles. The van der Waals surface area contributed by atoms with Gasteiger partial charge >= 0.3 is 0 Å². The van der Waals surface area contributed by atoms with Crippen LogP contribution in [0, 0.1) is 5.92 Å². The van der Waals surface area contributed by atoms with E-state index in [2.05, 4.69) is 0 Å². The van der Waals surface area contributed by atoms with E-state index in [4.69, 9.17) is 0 Å². The molecule has 4 heteroatoms. The quantitative estimate of drug-likeness (QED) is 0.866. The van der Waals surface area contributed by atoms with Crippen molar-refractivity contribution in [2.75, 3.05) is 0 Å². The standard InChI is InChI=1S/C17H14O4/c18-15-10-14(16(19)20)17(21,11-6-2-1-3-7-11)13-9-5-4-8-12(13)15/h1-10,14,18,21H,(H,19,20)/p-1. The second-order valence-corrected chi connectivity index (χ2v) is 5.03. The minimum atomic E-state index is -1.77. The summed E-state index contributed by atoms with van der Waals surface area (Å²) < 4.78 is 0. The molecule has 0 heterocycles. The van der Waals surface area contributed by atoms with Crippen LogP contribution >= 0.6 is 0 Å². The Hall–Kier alpha value is -2.59. The van der Waals surface area contributed by atoms with E-state index in [0.717, 1.165) is 6.08 Å². The molecule has 0 radical (unpaired) electrons. The Bertz CT molecular complexity index is 721. The van der Waals surface area contributed by atoms with Gasteiger partial charge in [-0.1, -0.05) is 54.6 Å². The molecule has 2 aromatic rings. The molecule has 0 bridgehead atoms. The largest absolute Gasteiger partial charge is 0.549 e. The normalized spacial score (nSPS) is 24.0. The van der Waals surface area contributed by atoms with E-state index in [1.807, 2.05) is 0 Å². The van der Waals surface area contributed by atoms with Gasteiger partial charge < -0.3 is 20.1 Å². The first-order valence-corrected chi connectivity index (χ1v) is 6.54. The molecule has 0 fully saturated rings. The summed E-state index contributed by atoms with van der Waals surface area (Å²) in [5.74, 6) is -2.97. The Morgan fingerprint density at radius 1 is 1.05 bits per heavy atom. The van der Waals surface area contributed by atoms with Crippen molar-refractivity contribution < 1.29 is 20.1 Å². The van der Waals surface area contributed by atoms with Gasteiger partial charge in [-0.25, -0.2) is 0 Å². The van der Waals surface area contributed by atoms with Crippen molar-refractivity contribution in [3.63, 3.8) is 0 Å². The van der Waals surface area contributed by atoms with Gasteiger partial charge in [-0.2, -0.15) is 0 Å². The fraction of sp³-hybridized carbons (Fsp3) is 0.118. The smallest absolute Gasteiger partial charge is 0.127 e. The molecule has 3 rings (SSSR count). The Kier molecular flexibility index (Phi) is 3.03. The molecule has 2 N–H and O–H groups in total. The summed E-state index contributed by atoms with van der Waals surface area (Å²) in [5, 5.41) is 32.7. The number of rotatable bonds is 2. The zero-order valence-electron chi connectivity index (χ0n) is 11.1. The number of carboxylic acids is 1. The number of fused-ring (bicyclic) bond motifs is 1. The van der Waals surface area contributed by atoms with Crippen molar-refractivity contribution in [3.05, 3.63) is 77.4 Å². The number of carbonyl (C=O) groups excluding carboxylic acids is 1. The van der Waals surface area contributed by atoms with Gasteiger partial charge in [0.25, 0.3) is 0 Å². The van der Waals surface area contributed by atoms with Crippen molar-refractivity contribution in [3.8, 4) is 0 Å². The Labute approximate surface area is 121 Å². The third kappa shape index (κ3) is 1.92. The molecule has 1 aliphatic carbocycles. The van der Waals surface area contributed by atoms with Crippen LogP contribution in [-0.2, 0) is 10.4 Å². The number of carboxylic acid groups (broad SMARTS) is 1. The highest BCUT2D eigenvalue weighted by Crippen LogP contribution is 2.44. The SMILES string of the molecule is O=C([O-])C1C=C(O)c2ccccc2C1(O)c1ccccc1. The number of benzene rings is 2. The van der Waals surface area contributed by atoms with Crippen LogP contribution in [0.15, 0.2) is 60.7 Å². The number of hydrogen-bond donors (Lipinski definition) is 2. The number of carbonyl (C=O) groups is 1. The van der Waals surface area contributed by atoms with Gasteiger partial charge in [0.1, 0.15) is 11.4 Å². The lowest BCUT2D eigenvalue weighted by atomic mass is 9.71. The van der Waals surface area contributed by atoms with Crippen LogP contribution in [0.4, 0.5) is 0 Å². The molecule has 2 atom stereocenters. The summed E-state index contributed by atoms with van der Waals surface area (Å²) in [6.45, 7) is 0. The number of aliphatic hydroxyl groups excluding tert-OH is 1. The fourth-order valence-electron chi connectivity index (χ4n) is 2.84. The van der Waals surface area contributed by atoms with Gasteiger partial charge in [-0.3, -0.25) is 0 Å². The summed E-state index contributed by atoms with van der Waals surface area (Å²) >= 11 is 0. The van der Waals surface area contributed by atoms with E-state index in [-0.39, 0.29) is 5.76 Å². The topological polar surface area (TPSA) is 80.6 Å². The zero-order valence-corrected chi connectivity index (χ0v) is 11.1. The molecule has 2 unspecified atom stereocenters. The minimum absolute atomic E-state index is 0.166. The van der Waals surface area contributed by atoms with E-state index in [0.29, 0.717) is 16.7 Å². The maximum Gasteiger partial charge on any atom is 0.127 e. The Balaban J connectivity index is 2.32. The van der Waals surface area contributed by atoms with Crippen LogP contribution in [0.2, 0.25) is 0 Å². The first kappa shape index (κ1) is 13.4. The summed E-state index contributed by atoms with van der Waals surface area (Å²) in [4.78, 5) is 11.5. The van der Waals surface area contributed by atoms with Crippen LogP contribution < -0.4 is 5.11 Å². The van der Waals surface area contributed by atoms with Crippen molar-refractivity contribution in [2.45, 2.75) is 5.60 Å². The van der Waals surface area contributed by atoms with Crippen molar-refractivity contribution in [1.82, 2.24) is 0 Å². The summed E-state index contributed by atoms with van der Waals surface area (Å²) in [7, 11) is 0. The first-order valence-electron chi connectivity index (χ1n) is 6.54. The lowest BCUT2D eigenvalue weighted by molar-refractivity contribution is -0.314. The van der Waals surface area contributed by atoms with E-state index in [9.17, 15) is 20.1 Å². The molecule has 106 valence electrons. The lowest BCUT2D eigenvalue weighted by Crippen LogP contribution is -2.47. The molecule has 0 saturated heterocycles. The average molecular weight is 281 g/mol. The van der Waals surface area contributed by atoms with Gasteiger partial charge in [0.2, 0.25) is 0 Å². The summed E-state index contributed by atoms with van der Waals surface area (Å²) in [6, 6.07) is 15.2. The third-order valence-electron chi connectivity index (χ3n) is 3.86. The molecule has 0 spiro atoms. The van der Waals surface area contributed by atoms with Crippen molar-refractivity contribution in [1.29, 1.82) is 0 Å². The minimum Gasteiger partial charge on any atom is -0.549 e. The molecule has 1 aliphatic rings. The van der Waals surface area contributed by atoms with E-state index < -0.39 is 17.5 Å². The van der Waals surface area contributed by atoms with Crippen molar-refractivity contribution in [2.24, 2.45) is 5.92 Å². The van der Waals surface area contributed by atoms with Crippen LogP contribution in [0.1, 0.15) is 16.7 Å². The maximum atomic E-state index is 11.5. The van der Waals surface area contributed by atoms with E-state index in [1.165, 1.54) is 0 Å². The highest BCUT2D eigenvalue weighted by molar-refractivity contribution is 5.81. The molecule has 4 nitrogen and oxygen atoms in total. The zero-order chi connectivity index (χ0) is 15.0. The van der Waals surface area contributed by atoms with Gasteiger partial charge in [-0.05, 0) is 17.2 Å². The second kappa shape index (κ2) is 4.75. The highest BCUT2D eigenvalue weighted by Gasteiger charge is 2.44. The number of aliphatic hydroxyl groups is 2. The Morgan fingerprint density at radius 3 is 2.33 bits per heavy atom. The molecular formula is C17H13O4-. The van der Waals surface area contributed by atoms with Crippen molar-refractivity contribution >= 4 is 11.7 Å². The van der Waals surface area contributed by atoms with Gasteiger partial charge in [0.15, 0.2) is 0 Å². The summed E-state index contributed by atoms with van der Waals surface area (Å²) in [6.07, 6.45) is 1.13. The Morgan fingerprint density at radius 2 is 1.67 bits per heavy atom. The van der Waals surface area contributed by atoms with E-state index in [1.54, 1.807) is 54.6 Å². The maximum absolute atomic E-state index is 11.5. The highest BCUT2D eigenvalue weighted by atomic mass is 16.4. The number of hydrogen-bond acceptors (Lipinski definition) is 4. The van der Waals surface area contributed by atoms with E-state index >= 15 is 0 Å². The van der Waals surface area contributed by atoms with Crippen LogP contribution in [-0.4, -0.2) is 16.2 Å². The molecule has 0 aromatic heterocycles. The summed E-state index contributed by atoms with van der Waals surface area (Å²) in [5.41, 5.74) is -0.565. The molecule has 0 aliphatic heterocycles. The third-order valence-corrected chi connectivity index (χ3v) is 3.86. The van der Waals surface area contributed by atoms with Gasteiger partial charge in [0, 0.05) is 5.56 Å². The monoisotopic (exact) mass is 281 g/mol.